The van der Waals surface area contributed by atoms with Gasteiger partial charge < -0.3 is 15.0 Å². The smallest absolute Gasteiger partial charge is 0.230 e. The van der Waals surface area contributed by atoms with Gasteiger partial charge >= 0.3 is 0 Å². The summed E-state index contributed by atoms with van der Waals surface area (Å²) in [5, 5.41) is 2.90. The fourth-order valence-electron chi connectivity index (χ4n) is 3.18. The Bertz CT molecular complexity index is 745. The molecular weight excluding hydrogens is 304 g/mol. The number of nitrogens with one attached hydrogen (secondary N) is 1. The second-order valence-corrected chi connectivity index (χ2v) is 5.86. The van der Waals surface area contributed by atoms with Gasteiger partial charge in [-0.3, -0.25) is 9.59 Å². The topological polar surface area (TPSA) is 58.6 Å². The minimum Gasteiger partial charge on any atom is -0.495 e. The molecule has 1 fully saturated rings. The molecule has 1 heterocycles. The van der Waals surface area contributed by atoms with Gasteiger partial charge in [0.1, 0.15) is 5.75 Å². The van der Waals surface area contributed by atoms with Crippen LogP contribution in [0.1, 0.15) is 18.0 Å². The number of carbonyl (C=O) groups excluding carboxylic acids is 2. The van der Waals surface area contributed by atoms with E-state index in [4.69, 9.17) is 4.74 Å². The molecule has 1 aliphatic rings. The maximum absolute atomic E-state index is 12.8. The zero-order valence-corrected chi connectivity index (χ0v) is 13.7. The summed E-state index contributed by atoms with van der Waals surface area (Å²) in [5.41, 5.74) is 1.57. The van der Waals surface area contributed by atoms with E-state index in [1.807, 2.05) is 42.5 Å². The third-order valence-electron chi connectivity index (χ3n) is 4.43. The molecule has 24 heavy (non-hydrogen) atoms. The second-order valence-electron chi connectivity index (χ2n) is 5.86. The lowest BCUT2D eigenvalue weighted by Crippen LogP contribution is -2.30. The van der Waals surface area contributed by atoms with Gasteiger partial charge in [-0.1, -0.05) is 42.5 Å². The number of methoxy groups -OCH3 is 1. The first kappa shape index (κ1) is 16.1. The highest BCUT2D eigenvalue weighted by Crippen LogP contribution is 2.38. The summed E-state index contributed by atoms with van der Waals surface area (Å²) in [4.78, 5) is 26.6. The molecule has 1 saturated heterocycles. The number of ether oxygens (including phenoxy) is 1. The fourth-order valence-corrected chi connectivity index (χ4v) is 3.18. The summed E-state index contributed by atoms with van der Waals surface area (Å²) in [6.07, 6.45) is 0.205. The van der Waals surface area contributed by atoms with Crippen LogP contribution in [0.3, 0.4) is 0 Å². The number of nitrogens with zero attached hydrogens (tertiary/aromatic N) is 1. The standard InChI is InChI=1S/C19H20N2O3/c1-21-17(22)12-14(18(21)13-8-4-3-5-9-13)19(23)20-15-10-6-7-11-16(15)24-2/h3-11,14,18H,12H2,1-2H3,(H,20,23)/t14-,18-/m0/s1. The average Bonchev–Trinajstić information content (AvgIpc) is 2.91. The monoisotopic (exact) mass is 324 g/mol. The largest absolute Gasteiger partial charge is 0.495 e. The van der Waals surface area contributed by atoms with Gasteiger partial charge in [-0.05, 0) is 17.7 Å². The SMILES string of the molecule is COc1ccccc1NC(=O)[C@H]1CC(=O)N(C)[C@H]1c1ccccc1. The maximum Gasteiger partial charge on any atom is 0.230 e. The third-order valence-corrected chi connectivity index (χ3v) is 4.43. The van der Waals surface area contributed by atoms with E-state index < -0.39 is 5.92 Å². The molecule has 2 atom stereocenters. The highest BCUT2D eigenvalue weighted by atomic mass is 16.5. The molecule has 2 aromatic rings. The third kappa shape index (κ3) is 2.97. The van der Waals surface area contributed by atoms with Crippen molar-refractivity contribution in [2.24, 2.45) is 5.92 Å². The highest BCUT2D eigenvalue weighted by molar-refractivity contribution is 5.98. The van der Waals surface area contributed by atoms with Crippen molar-refractivity contribution in [2.45, 2.75) is 12.5 Å². The number of anilines is 1. The number of benzene rings is 2. The minimum atomic E-state index is -0.435. The van der Waals surface area contributed by atoms with Crippen LogP contribution >= 0.6 is 0 Å². The lowest BCUT2D eigenvalue weighted by Gasteiger charge is -2.25. The number of hydrogen-bond donors (Lipinski definition) is 1. The van der Waals surface area contributed by atoms with Crippen molar-refractivity contribution in [3.05, 3.63) is 60.2 Å². The number of hydrogen-bond acceptors (Lipinski definition) is 3. The molecule has 1 aliphatic heterocycles. The summed E-state index contributed by atoms with van der Waals surface area (Å²) < 4.78 is 5.27. The summed E-state index contributed by atoms with van der Waals surface area (Å²) in [6.45, 7) is 0. The van der Waals surface area contributed by atoms with E-state index in [1.54, 1.807) is 31.2 Å². The van der Waals surface area contributed by atoms with Crippen LogP contribution in [0.15, 0.2) is 54.6 Å². The molecule has 0 saturated carbocycles. The van der Waals surface area contributed by atoms with Gasteiger partial charge in [0.05, 0.1) is 24.8 Å². The van der Waals surface area contributed by atoms with E-state index in [9.17, 15) is 9.59 Å². The van der Waals surface area contributed by atoms with Crippen molar-refractivity contribution in [1.82, 2.24) is 4.90 Å². The highest BCUT2D eigenvalue weighted by Gasteiger charge is 2.42. The Balaban J connectivity index is 1.86. The van der Waals surface area contributed by atoms with E-state index >= 15 is 0 Å². The molecule has 0 bridgehead atoms. The second kappa shape index (κ2) is 6.74. The van der Waals surface area contributed by atoms with Crippen LogP contribution < -0.4 is 10.1 Å². The fraction of sp³-hybridized carbons (Fsp3) is 0.263. The molecule has 0 unspecified atom stereocenters. The van der Waals surface area contributed by atoms with Gasteiger partial charge in [0.2, 0.25) is 11.8 Å². The van der Waals surface area contributed by atoms with Crippen molar-refractivity contribution < 1.29 is 14.3 Å². The zero-order valence-electron chi connectivity index (χ0n) is 13.7. The summed E-state index contributed by atoms with van der Waals surface area (Å²) in [7, 11) is 3.31. The van der Waals surface area contributed by atoms with Gasteiger partial charge in [0.15, 0.2) is 0 Å². The summed E-state index contributed by atoms with van der Waals surface area (Å²) >= 11 is 0. The van der Waals surface area contributed by atoms with E-state index in [2.05, 4.69) is 5.32 Å². The normalized spacial score (nSPS) is 20.1. The number of rotatable bonds is 4. The molecule has 0 radical (unpaired) electrons. The maximum atomic E-state index is 12.8. The molecule has 124 valence electrons. The number of amides is 2. The van der Waals surface area contributed by atoms with Gasteiger partial charge in [-0.2, -0.15) is 0 Å². The molecule has 0 aromatic heterocycles. The van der Waals surface area contributed by atoms with E-state index in [1.165, 1.54) is 0 Å². The average molecular weight is 324 g/mol. The molecule has 2 amide bonds. The Labute approximate surface area is 141 Å². The molecule has 2 aromatic carbocycles. The molecule has 5 nitrogen and oxygen atoms in total. The Morgan fingerprint density at radius 2 is 1.79 bits per heavy atom. The van der Waals surface area contributed by atoms with Crippen LogP contribution in [0.2, 0.25) is 0 Å². The van der Waals surface area contributed by atoms with Crippen molar-refractivity contribution in [2.75, 3.05) is 19.5 Å². The first-order chi connectivity index (χ1) is 11.6. The van der Waals surface area contributed by atoms with Crippen LogP contribution in [0, 0.1) is 5.92 Å². The Hall–Kier alpha value is -2.82. The van der Waals surface area contributed by atoms with Crippen molar-refractivity contribution in [3.63, 3.8) is 0 Å². The Morgan fingerprint density at radius 1 is 1.12 bits per heavy atom. The predicted octanol–water partition coefficient (Wildman–Crippen LogP) is 2.85. The molecular formula is C19H20N2O3. The number of likely N-dealkylation sites (tertiary alicyclic amines) is 1. The van der Waals surface area contributed by atoms with E-state index in [0.29, 0.717) is 11.4 Å². The number of carbonyl (C=O) groups is 2. The van der Waals surface area contributed by atoms with Crippen LogP contribution in [0.25, 0.3) is 0 Å². The number of para-hydroxylation sites is 2. The quantitative estimate of drug-likeness (QED) is 0.941. The first-order valence-corrected chi connectivity index (χ1v) is 7.86. The predicted molar refractivity (Wildman–Crippen MR) is 91.7 cm³/mol. The molecule has 1 N–H and O–H groups in total. The zero-order chi connectivity index (χ0) is 17.1. The van der Waals surface area contributed by atoms with Gasteiger partial charge in [-0.15, -0.1) is 0 Å². The van der Waals surface area contributed by atoms with Crippen molar-refractivity contribution >= 4 is 17.5 Å². The van der Waals surface area contributed by atoms with Crippen molar-refractivity contribution in [3.8, 4) is 5.75 Å². The van der Waals surface area contributed by atoms with E-state index in [0.717, 1.165) is 5.56 Å². The van der Waals surface area contributed by atoms with Gasteiger partial charge in [0, 0.05) is 13.5 Å². The lowest BCUT2D eigenvalue weighted by molar-refractivity contribution is -0.127. The minimum absolute atomic E-state index is 0.0240. The molecule has 0 spiro atoms. The van der Waals surface area contributed by atoms with Gasteiger partial charge in [0.25, 0.3) is 0 Å². The summed E-state index contributed by atoms with van der Waals surface area (Å²) in [5.74, 6) is -0.0373. The van der Waals surface area contributed by atoms with Crippen LogP contribution in [0.5, 0.6) is 5.75 Å². The first-order valence-electron chi connectivity index (χ1n) is 7.86. The van der Waals surface area contributed by atoms with Crippen molar-refractivity contribution in [1.29, 1.82) is 0 Å². The Kier molecular flexibility index (Phi) is 4.51. The van der Waals surface area contributed by atoms with Gasteiger partial charge in [-0.25, -0.2) is 0 Å². The molecule has 3 rings (SSSR count). The van der Waals surface area contributed by atoms with Crippen LogP contribution in [-0.4, -0.2) is 30.9 Å². The van der Waals surface area contributed by atoms with E-state index in [-0.39, 0.29) is 24.3 Å². The summed E-state index contributed by atoms with van der Waals surface area (Å²) in [6, 6.07) is 16.6. The lowest BCUT2D eigenvalue weighted by atomic mass is 9.93. The molecule has 0 aliphatic carbocycles. The van der Waals surface area contributed by atoms with Crippen LogP contribution in [0.4, 0.5) is 5.69 Å². The van der Waals surface area contributed by atoms with Crippen LogP contribution in [-0.2, 0) is 9.59 Å². The Morgan fingerprint density at radius 3 is 2.50 bits per heavy atom. The molecule has 5 heteroatoms.